The van der Waals surface area contributed by atoms with Crippen LogP contribution in [-0.2, 0) is 9.53 Å². The second kappa shape index (κ2) is 10.4. The molecule has 7 nitrogen and oxygen atoms in total. The van der Waals surface area contributed by atoms with Gasteiger partial charge in [-0.25, -0.2) is 4.79 Å². The molecule has 1 heterocycles. The van der Waals surface area contributed by atoms with Crippen LogP contribution in [0.4, 0.5) is 10.5 Å². The van der Waals surface area contributed by atoms with E-state index in [1.165, 1.54) is 0 Å². The van der Waals surface area contributed by atoms with E-state index in [0.717, 1.165) is 15.8 Å². The Morgan fingerprint density at radius 2 is 1.83 bits per heavy atom. The van der Waals surface area contributed by atoms with Crippen LogP contribution in [0.3, 0.4) is 0 Å². The number of nitrogens with one attached hydrogen (secondary N) is 2. The molecule has 1 saturated heterocycles. The molecule has 3 amide bonds. The summed E-state index contributed by atoms with van der Waals surface area (Å²) in [4.78, 5) is 27.0. The zero-order valence-corrected chi connectivity index (χ0v) is 18.6. The van der Waals surface area contributed by atoms with Gasteiger partial charge in [-0.2, -0.15) is 0 Å². The van der Waals surface area contributed by atoms with Crippen LogP contribution >= 0.6 is 15.9 Å². The van der Waals surface area contributed by atoms with Crippen molar-refractivity contribution in [2.75, 3.05) is 39.2 Å². The number of hydrogen-bond acceptors (Lipinski definition) is 4. The number of carbonyl (C=O) groups is 2. The van der Waals surface area contributed by atoms with E-state index in [1.807, 2.05) is 48.5 Å². The minimum Gasteiger partial charge on any atom is -0.497 e. The number of benzene rings is 2. The Labute approximate surface area is 184 Å². The molecular formula is C22H26BrN3O4. The average Bonchev–Trinajstić information content (AvgIpc) is 2.75. The number of ether oxygens (including phenoxy) is 2. The van der Waals surface area contributed by atoms with Gasteiger partial charge in [-0.1, -0.05) is 28.1 Å². The van der Waals surface area contributed by atoms with Crippen LogP contribution in [0.1, 0.15) is 17.9 Å². The Hall–Kier alpha value is -2.58. The summed E-state index contributed by atoms with van der Waals surface area (Å²) in [5.74, 6) is 0.728. The monoisotopic (exact) mass is 475 g/mol. The molecule has 0 bridgehead atoms. The maximum atomic E-state index is 12.6. The Kier molecular flexibility index (Phi) is 7.70. The number of nitrogens with zero attached hydrogens (tertiary/aromatic N) is 1. The van der Waals surface area contributed by atoms with Crippen LogP contribution in [0.5, 0.6) is 5.75 Å². The molecule has 30 heavy (non-hydrogen) atoms. The van der Waals surface area contributed by atoms with E-state index in [2.05, 4.69) is 26.6 Å². The number of hydrogen-bond donors (Lipinski definition) is 2. The molecule has 2 aromatic rings. The topological polar surface area (TPSA) is 79.9 Å². The molecule has 2 atom stereocenters. The minimum atomic E-state index is -0.334. The van der Waals surface area contributed by atoms with Crippen LogP contribution < -0.4 is 15.4 Å². The Morgan fingerprint density at radius 1 is 1.13 bits per heavy atom. The number of urea groups is 1. The molecule has 2 N–H and O–H groups in total. The summed E-state index contributed by atoms with van der Waals surface area (Å²) in [6, 6.07) is 14.4. The van der Waals surface area contributed by atoms with Gasteiger partial charge in [0.2, 0.25) is 5.91 Å². The van der Waals surface area contributed by atoms with Crippen molar-refractivity contribution < 1.29 is 19.1 Å². The molecule has 0 radical (unpaired) electrons. The summed E-state index contributed by atoms with van der Waals surface area (Å²) in [5.41, 5.74) is 1.72. The Morgan fingerprint density at radius 3 is 2.47 bits per heavy atom. The lowest BCUT2D eigenvalue weighted by Crippen LogP contribution is -2.53. The molecular weight excluding hydrogens is 450 g/mol. The fourth-order valence-electron chi connectivity index (χ4n) is 3.55. The average molecular weight is 476 g/mol. The summed E-state index contributed by atoms with van der Waals surface area (Å²) in [6.45, 7) is 1.51. The van der Waals surface area contributed by atoms with Crippen LogP contribution in [-0.4, -0.2) is 56.8 Å². The first-order valence-electron chi connectivity index (χ1n) is 9.74. The summed E-state index contributed by atoms with van der Waals surface area (Å²) in [6.07, 6.45) is 0.230. The fraction of sp³-hybridized carbons (Fsp3) is 0.364. The van der Waals surface area contributed by atoms with Crippen LogP contribution in [0, 0.1) is 0 Å². The highest BCUT2D eigenvalue weighted by atomic mass is 79.9. The first-order chi connectivity index (χ1) is 14.5. The Bertz CT molecular complexity index is 858. The molecule has 0 saturated carbocycles. The van der Waals surface area contributed by atoms with E-state index in [9.17, 15) is 9.59 Å². The minimum absolute atomic E-state index is 0.00533. The molecule has 1 fully saturated rings. The molecule has 0 aromatic heterocycles. The Balaban J connectivity index is 1.75. The third-order valence-electron chi connectivity index (χ3n) is 5.18. The third kappa shape index (κ3) is 5.73. The number of piperidine rings is 1. The van der Waals surface area contributed by atoms with Gasteiger partial charge in [0.05, 0.1) is 13.7 Å². The molecule has 0 aliphatic carbocycles. The van der Waals surface area contributed by atoms with Crippen LogP contribution in [0.25, 0.3) is 0 Å². The summed E-state index contributed by atoms with van der Waals surface area (Å²) >= 11 is 3.38. The predicted molar refractivity (Wildman–Crippen MR) is 119 cm³/mol. The van der Waals surface area contributed by atoms with Gasteiger partial charge in [-0.15, -0.1) is 0 Å². The van der Waals surface area contributed by atoms with Crippen molar-refractivity contribution in [2.45, 2.75) is 18.4 Å². The van der Waals surface area contributed by atoms with Gasteiger partial charge in [-0.3, -0.25) is 4.79 Å². The molecule has 2 aromatic carbocycles. The highest BCUT2D eigenvalue weighted by Gasteiger charge is 2.35. The van der Waals surface area contributed by atoms with Crippen molar-refractivity contribution in [3.05, 3.63) is 58.6 Å². The SMILES string of the molecule is COCCN1CC(c2ccc(OC)cc2)[C@@H](NC(=O)Nc2ccc(Br)cc2)CC1=O. The lowest BCUT2D eigenvalue weighted by atomic mass is 9.85. The molecule has 0 spiro atoms. The standard InChI is InChI=1S/C22H26BrN3O4/c1-29-12-11-26-14-19(15-3-9-18(30-2)10-4-15)20(13-21(26)27)25-22(28)24-17-7-5-16(23)6-8-17/h3-10,19-20H,11-14H2,1-2H3,(H2,24,25,28)/t19?,20-/m0/s1. The summed E-state index contributed by atoms with van der Waals surface area (Å²) in [7, 11) is 3.24. The molecule has 1 aliphatic rings. The first kappa shape index (κ1) is 22.1. The van der Waals surface area contributed by atoms with E-state index in [0.29, 0.717) is 25.4 Å². The highest BCUT2D eigenvalue weighted by molar-refractivity contribution is 9.10. The zero-order chi connectivity index (χ0) is 21.5. The van der Waals surface area contributed by atoms with Crippen molar-refractivity contribution in [3.8, 4) is 5.75 Å². The highest BCUT2D eigenvalue weighted by Crippen LogP contribution is 2.29. The van der Waals surface area contributed by atoms with E-state index in [1.54, 1.807) is 19.1 Å². The van der Waals surface area contributed by atoms with Gasteiger partial charge in [0.15, 0.2) is 0 Å². The predicted octanol–water partition coefficient (Wildman–Crippen LogP) is 3.61. The van der Waals surface area contributed by atoms with Crippen LogP contribution in [0.15, 0.2) is 53.0 Å². The quantitative estimate of drug-likeness (QED) is 0.640. The smallest absolute Gasteiger partial charge is 0.319 e. The number of carbonyl (C=O) groups excluding carboxylic acids is 2. The summed E-state index contributed by atoms with van der Waals surface area (Å²) in [5, 5.41) is 5.83. The first-order valence-corrected chi connectivity index (χ1v) is 10.5. The number of rotatable bonds is 7. The maximum Gasteiger partial charge on any atom is 0.319 e. The van der Waals surface area contributed by atoms with E-state index >= 15 is 0 Å². The molecule has 1 unspecified atom stereocenters. The molecule has 160 valence electrons. The number of anilines is 1. The second-order valence-corrected chi connectivity index (χ2v) is 8.04. The third-order valence-corrected chi connectivity index (χ3v) is 5.71. The fourth-order valence-corrected chi connectivity index (χ4v) is 3.82. The van der Waals surface area contributed by atoms with Gasteiger partial charge < -0.3 is 25.0 Å². The number of methoxy groups -OCH3 is 2. The van der Waals surface area contributed by atoms with Crippen LogP contribution in [0.2, 0.25) is 0 Å². The van der Waals surface area contributed by atoms with Crippen molar-refractivity contribution in [3.63, 3.8) is 0 Å². The van der Waals surface area contributed by atoms with E-state index in [4.69, 9.17) is 9.47 Å². The van der Waals surface area contributed by atoms with Gasteiger partial charge in [0.25, 0.3) is 0 Å². The largest absolute Gasteiger partial charge is 0.497 e. The van der Waals surface area contributed by atoms with Crippen molar-refractivity contribution in [1.82, 2.24) is 10.2 Å². The van der Waals surface area contributed by atoms with Gasteiger partial charge in [0.1, 0.15) is 5.75 Å². The number of likely N-dealkylation sites (tertiary alicyclic amines) is 1. The lowest BCUT2D eigenvalue weighted by molar-refractivity contribution is -0.135. The van der Waals surface area contributed by atoms with E-state index in [-0.39, 0.29) is 30.3 Å². The number of halogens is 1. The summed E-state index contributed by atoms with van der Waals surface area (Å²) < 4.78 is 11.3. The van der Waals surface area contributed by atoms with Gasteiger partial charge >= 0.3 is 6.03 Å². The van der Waals surface area contributed by atoms with Crippen molar-refractivity contribution in [2.24, 2.45) is 0 Å². The lowest BCUT2D eigenvalue weighted by Gasteiger charge is -2.38. The molecule has 3 rings (SSSR count). The van der Waals surface area contributed by atoms with Gasteiger partial charge in [0, 0.05) is 48.7 Å². The molecule has 1 aliphatic heterocycles. The number of amides is 3. The van der Waals surface area contributed by atoms with Crippen molar-refractivity contribution >= 4 is 33.6 Å². The van der Waals surface area contributed by atoms with Gasteiger partial charge in [-0.05, 0) is 42.0 Å². The normalized spacial score (nSPS) is 18.8. The zero-order valence-electron chi connectivity index (χ0n) is 17.1. The van der Waals surface area contributed by atoms with E-state index < -0.39 is 0 Å². The van der Waals surface area contributed by atoms with Crippen molar-refractivity contribution in [1.29, 1.82) is 0 Å². The molecule has 8 heteroatoms. The second-order valence-electron chi connectivity index (χ2n) is 7.13. The maximum absolute atomic E-state index is 12.6.